The highest BCUT2D eigenvalue weighted by Gasteiger charge is 2.20. The number of carboxylic acids is 1. The minimum absolute atomic E-state index is 0.0611. The van der Waals surface area contributed by atoms with Gasteiger partial charge in [-0.25, -0.2) is 14.5 Å². The maximum Gasteiger partial charge on any atom is 0.335 e. The number of hydrogen-bond donors (Lipinski definition) is 2. The van der Waals surface area contributed by atoms with Crippen LogP contribution in [-0.4, -0.2) is 30.9 Å². The Bertz CT molecular complexity index is 1480. The standard InChI is InChI=1S/C28H21N3O4/c32-24-12-6-4-10-22(24)26-29-27(31(30-26)21-16-14-20(15-17-21)28(33)34)23-11-5-7-13-25(23)35-18-19-8-2-1-3-9-19/h1-17,32H,18H2,(H,33,34). The zero-order valence-electron chi connectivity index (χ0n) is 18.6. The first-order valence-corrected chi connectivity index (χ1v) is 11.0. The fraction of sp³-hybridized carbons (Fsp3) is 0.0357. The molecule has 0 aliphatic carbocycles. The van der Waals surface area contributed by atoms with Crippen LogP contribution in [-0.2, 0) is 6.61 Å². The monoisotopic (exact) mass is 463 g/mol. The lowest BCUT2D eigenvalue weighted by molar-refractivity contribution is 0.0697. The first kappa shape index (κ1) is 21.9. The molecule has 0 fully saturated rings. The number of ether oxygens (including phenoxy) is 1. The van der Waals surface area contributed by atoms with E-state index in [1.165, 1.54) is 12.1 Å². The van der Waals surface area contributed by atoms with Crippen molar-refractivity contribution < 1.29 is 19.7 Å². The third kappa shape index (κ3) is 4.60. The predicted molar refractivity (Wildman–Crippen MR) is 132 cm³/mol. The fourth-order valence-corrected chi connectivity index (χ4v) is 3.70. The molecule has 0 saturated heterocycles. The van der Waals surface area contributed by atoms with Crippen LogP contribution in [0.4, 0.5) is 0 Å². The summed E-state index contributed by atoms with van der Waals surface area (Å²) in [6, 6.07) is 30.6. The number of carboxylic acid groups (broad SMARTS) is 1. The summed E-state index contributed by atoms with van der Waals surface area (Å²) in [6.45, 7) is 0.381. The summed E-state index contributed by atoms with van der Waals surface area (Å²) < 4.78 is 7.77. The molecule has 5 aromatic rings. The van der Waals surface area contributed by atoms with Crippen molar-refractivity contribution in [3.63, 3.8) is 0 Å². The smallest absolute Gasteiger partial charge is 0.335 e. The van der Waals surface area contributed by atoms with E-state index in [-0.39, 0.29) is 11.3 Å². The predicted octanol–water partition coefficient (Wildman–Crippen LogP) is 5.58. The van der Waals surface area contributed by atoms with Gasteiger partial charge in [-0.3, -0.25) is 0 Å². The van der Waals surface area contributed by atoms with Crippen molar-refractivity contribution >= 4 is 5.97 Å². The summed E-state index contributed by atoms with van der Waals surface area (Å²) in [4.78, 5) is 16.1. The first-order chi connectivity index (χ1) is 17.1. The van der Waals surface area contributed by atoms with Crippen LogP contribution in [0.5, 0.6) is 11.5 Å². The minimum atomic E-state index is -1.01. The Morgan fingerprint density at radius 2 is 1.46 bits per heavy atom. The molecule has 0 bridgehead atoms. The molecule has 5 rings (SSSR count). The molecular formula is C28H21N3O4. The molecule has 0 saturated carbocycles. The van der Waals surface area contributed by atoms with Gasteiger partial charge in [-0.05, 0) is 54.1 Å². The van der Waals surface area contributed by atoms with Crippen LogP contribution in [0.25, 0.3) is 28.5 Å². The number of para-hydroxylation sites is 2. The van der Waals surface area contributed by atoms with Crippen LogP contribution in [0.15, 0.2) is 103 Å². The molecule has 7 heteroatoms. The van der Waals surface area contributed by atoms with Crippen molar-refractivity contribution in [2.45, 2.75) is 6.61 Å². The Hall–Kier alpha value is -4.91. The van der Waals surface area contributed by atoms with Gasteiger partial charge in [0, 0.05) is 0 Å². The average molecular weight is 463 g/mol. The molecule has 35 heavy (non-hydrogen) atoms. The summed E-state index contributed by atoms with van der Waals surface area (Å²) in [6.07, 6.45) is 0. The molecule has 0 radical (unpaired) electrons. The zero-order valence-corrected chi connectivity index (χ0v) is 18.6. The first-order valence-electron chi connectivity index (χ1n) is 11.0. The lowest BCUT2D eigenvalue weighted by atomic mass is 10.1. The lowest BCUT2D eigenvalue weighted by Crippen LogP contribution is -2.03. The summed E-state index contributed by atoms with van der Waals surface area (Å²) in [7, 11) is 0. The molecule has 1 heterocycles. The number of nitrogens with zero attached hydrogens (tertiary/aromatic N) is 3. The van der Waals surface area contributed by atoms with Crippen molar-refractivity contribution in [1.29, 1.82) is 0 Å². The summed E-state index contributed by atoms with van der Waals surface area (Å²) in [5, 5.41) is 24.3. The van der Waals surface area contributed by atoms with Gasteiger partial charge < -0.3 is 14.9 Å². The van der Waals surface area contributed by atoms with Crippen molar-refractivity contribution in [3.8, 4) is 40.0 Å². The number of phenols is 1. The van der Waals surface area contributed by atoms with Gasteiger partial charge in [-0.15, -0.1) is 5.10 Å². The minimum Gasteiger partial charge on any atom is -0.507 e. The number of rotatable bonds is 7. The number of hydrogen-bond acceptors (Lipinski definition) is 5. The van der Waals surface area contributed by atoms with Gasteiger partial charge in [0.1, 0.15) is 18.1 Å². The maximum absolute atomic E-state index is 11.3. The molecule has 4 aromatic carbocycles. The van der Waals surface area contributed by atoms with E-state index in [1.807, 2.05) is 54.6 Å². The van der Waals surface area contributed by atoms with E-state index in [1.54, 1.807) is 41.1 Å². The fourth-order valence-electron chi connectivity index (χ4n) is 3.70. The third-order valence-electron chi connectivity index (χ3n) is 5.48. The number of phenolic OH excluding ortho intramolecular Hbond substituents is 1. The Kier molecular flexibility index (Phi) is 5.96. The van der Waals surface area contributed by atoms with Crippen LogP contribution < -0.4 is 4.74 Å². The van der Waals surface area contributed by atoms with E-state index in [4.69, 9.17) is 9.72 Å². The zero-order chi connectivity index (χ0) is 24.2. The molecule has 172 valence electrons. The van der Waals surface area contributed by atoms with E-state index in [2.05, 4.69) is 5.10 Å². The van der Waals surface area contributed by atoms with E-state index >= 15 is 0 Å². The van der Waals surface area contributed by atoms with Gasteiger partial charge in [0.15, 0.2) is 11.6 Å². The number of aromatic hydroxyl groups is 1. The van der Waals surface area contributed by atoms with Gasteiger partial charge >= 0.3 is 5.97 Å². The number of aromatic carboxylic acids is 1. The Labute approximate surface area is 201 Å². The Morgan fingerprint density at radius 1 is 0.800 bits per heavy atom. The molecule has 0 aliphatic heterocycles. The number of carbonyl (C=O) groups is 1. The number of benzene rings is 4. The van der Waals surface area contributed by atoms with Crippen LogP contribution >= 0.6 is 0 Å². The van der Waals surface area contributed by atoms with Gasteiger partial charge in [-0.1, -0.05) is 54.6 Å². The number of aromatic nitrogens is 3. The van der Waals surface area contributed by atoms with Gasteiger partial charge in [-0.2, -0.15) is 0 Å². The second kappa shape index (κ2) is 9.52. The van der Waals surface area contributed by atoms with Crippen molar-refractivity contribution in [1.82, 2.24) is 14.8 Å². The quantitative estimate of drug-likeness (QED) is 0.327. The normalized spacial score (nSPS) is 10.7. The van der Waals surface area contributed by atoms with Crippen molar-refractivity contribution in [3.05, 3.63) is 114 Å². The van der Waals surface area contributed by atoms with Gasteiger partial charge in [0.05, 0.1) is 22.4 Å². The van der Waals surface area contributed by atoms with Crippen LogP contribution in [0.3, 0.4) is 0 Å². The average Bonchev–Trinajstić information content (AvgIpc) is 3.33. The van der Waals surface area contributed by atoms with Gasteiger partial charge in [0.2, 0.25) is 0 Å². The summed E-state index contributed by atoms with van der Waals surface area (Å²) in [5.41, 5.74) is 3.01. The highest BCUT2D eigenvalue weighted by atomic mass is 16.5. The molecule has 0 unspecified atom stereocenters. The topological polar surface area (TPSA) is 97.5 Å². The highest BCUT2D eigenvalue weighted by Crippen LogP contribution is 2.34. The molecule has 0 atom stereocenters. The van der Waals surface area contributed by atoms with Crippen LogP contribution in [0.1, 0.15) is 15.9 Å². The molecular weight excluding hydrogens is 442 g/mol. The molecule has 0 amide bonds. The Balaban J connectivity index is 1.61. The summed E-state index contributed by atoms with van der Waals surface area (Å²) in [5.74, 6) is 0.500. The molecule has 7 nitrogen and oxygen atoms in total. The van der Waals surface area contributed by atoms with E-state index in [0.29, 0.717) is 40.8 Å². The highest BCUT2D eigenvalue weighted by molar-refractivity contribution is 5.87. The van der Waals surface area contributed by atoms with Crippen LogP contribution in [0.2, 0.25) is 0 Å². The van der Waals surface area contributed by atoms with Crippen LogP contribution in [0, 0.1) is 0 Å². The molecule has 2 N–H and O–H groups in total. The SMILES string of the molecule is O=C(O)c1ccc(-n2nc(-c3ccccc3O)nc2-c2ccccc2OCc2ccccc2)cc1. The third-order valence-corrected chi connectivity index (χ3v) is 5.48. The maximum atomic E-state index is 11.3. The lowest BCUT2D eigenvalue weighted by Gasteiger charge is -2.12. The van der Waals surface area contributed by atoms with Crippen molar-refractivity contribution in [2.24, 2.45) is 0 Å². The van der Waals surface area contributed by atoms with E-state index in [0.717, 1.165) is 5.56 Å². The van der Waals surface area contributed by atoms with E-state index in [9.17, 15) is 15.0 Å². The summed E-state index contributed by atoms with van der Waals surface area (Å²) >= 11 is 0. The second-order valence-electron chi connectivity index (χ2n) is 7.81. The molecule has 0 spiro atoms. The van der Waals surface area contributed by atoms with Gasteiger partial charge in [0.25, 0.3) is 0 Å². The Morgan fingerprint density at radius 3 is 2.17 bits per heavy atom. The largest absolute Gasteiger partial charge is 0.507 e. The molecule has 0 aliphatic rings. The van der Waals surface area contributed by atoms with E-state index < -0.39 is 5.97 Å². The molecule has 1 aromatic heterocycles. The second-order valence-corrected chi connectivity index (χ2v) is 7.81. The van der Waals surface area contributed by atoms with Crippen molar-refractivity contribution in [2.75, 3.05) is 0 Å².